The van der Waals surface area contributed by atoms with E-state index in [1.807, 2.05) is 53.1 Å². The van der Waals surface area contributed by atoms with Crippen molar-refractivity contribution in [1.29, 1.82) is 0 Å². The fourth-order valence-corrected chi connectivity index (χ4v) is 2.26. The summed E-state index contributed by atoms with van der Waals surface area (Å²) in [6.07, 6.45) is 1.98. The molecule has 0 amide bonds. The fraction of sp³-hybridized carbons (Fsp3) is 0. The Hall–Kier alpha value is -1.80. The lowest BCUT2D eigenvalue weighted by Gasteiger charge is -2.01. The van der Waals surface area contributed by atoms with Crippen LogP contribution in [0.4, 0.5) is 5.69 Å². The van der Waals surface area contributed by atoms with Crippen LogP contribution in [0.5, 0.6) is 0 Å². The molecule has 77 valence electrons. The molecule has 0 spiro atoms. The summed E-state index contributed by atoms with van der Waals surface area (Å²) in [5.74, 6) is 0. The smallest absolute Gasteiger partial charge is 0.222 e. The van der Waals surface area contributed by atoms with Crippen molar-refractivity contribution in [3.05, 3.63) is 53.7 Å². The first-order valence-corrected chi connectivity index (χ1v) is 5.38. The number of pyridine rings is 2. The average Bonchev–Trinajstić information content (AvgIpc) is 2.29. The normalized spacial score (nSPS) is 11.1. The molecular formula is C13H9ClN2+. The molecule has 2 heterocycles. The SMILES string of the molecule is [NH]c1cc2cccc[n+]2c2cccc(Cl)c12. The third-order valence-electron chi connectivity index (χ3n) is 2.70. The minimum Gasteiger partial charge on any atom is -0.300 e. The highest BCUT2D eigenvalue weighted by Gasteiger charge is 2.13. The Morgan fingerprint density at radius 1 is 1.06 bits per heavy atom. The van der Waals surface area contributed by atoms with Gasteiger partial charge < -0.3 is 0 Å². The third kappa shape index (κ3) is 1.24. The Kier molecular flexibility index (Phi) is 1.98. The molecule has 16 heavy (non-hydrogen) atoms. The van der Waals surface area contributed by atoms with Crippen LogP contribution >= 0.6 is 11.6 Å². The monoisotopic (exact) mass is 228 g/mol. The van der Waals surface area contributed by atoms with Gasteiger partial charge in [0.1, 0.15) is 0 Å². The van der Waals surface area contributed by atoms with Crippen molar-refractivity contribution < 1.29 is 4.40 Å². The number of nitrogens with zero attached hydrogens (tertiary/aromatic N) is 1. The van der Waals surface area contributed by atoms with E-state index in [0.717, 1.165) is 16.4 Å². The summed E-state index contributed by atoms with van der Waals surface area (Å²) in [6, 6.07) is 13.4. The Morgan fingerprint density at radius 3 is 2.81 bits per heavy atom. The van der Waals surface area contributed by atoms with Gasteiger partial charge in [-0.25, -0.2) is 0 Å². The summed E-state index contributed by atoms with van der Waals surface area (Å²) in [7, 11) is 0. The summed E-state index contributed by atoms with van der Waals surface area (Å²) in [6.45, 7) is 0. The molecule has 3 aromatic rings. The number of halogens is 1. The summed E-state index contributed by atoms with van der Waals surface area (Å²) < 4.78 is 2.04. The van der Waals surface area contributed by atoms with E-state index in [0.29, 0.717) is 10.7 Å². The van der Waals surface area contributed by atoms with Gasteiger partial charge in [0.2, 0.25) is 11.0 Å². The van der Waals surface area contributed by atoms with Gasteiger partial charge in [-0.1, -0.05) is 17.7 Å². The second-order valence-electron chi connectivity index (χ2n) is 3.69. The van der Waals surface area contributed by atoms with Crippen LogP contribution in [-0.4, -0.2) is 0 Å². The van der Waals surface area contributed by atoms with Crippen LogP contribution in [0.15, 0.2) is 48.7 Å². The highest BCUT2D eigenvalue weighted by atomic mass is 35.5. The summed E-state index contributed by atoms with van der Waals surface area (Å²) >= 11 is 6.13. The van der Waals surface area contributed by atoms with Gasteiger partial charge in [-0.2, -0.15) is 4.40 Å². The van der Waals surface area contributed by atoms with Crippen LogP contribution in [0, 0.1) is 0 Å². The van der Waals surface area contributed by atoms with Crippen LogP contribution in [0.3, 0.4) is 0 Å². The Bertz CT molecular complexity index is 692. The van der Waals surface area contributed by atoms with Gasteiger partial charge in [-0.15, -0.1) is 0 Å². The minimum atomic E-state index is 0.465. The average molecular weight is 229 g/mol. The largest absolute Gasteiger partial charge is 0.300 e. The van der Waals surface area contributed by atoms with Crippen LogP contribution in [0.25, 0.3) is 16.4 Å². The second-order valence-corrected chi connectivity index (χ2v) is 4.09. The standard InChI is InChI=1S/C13H9ClN2/c14-10-5-3-6-12-13(10)11(15)8-9-4-1-2-7-16(9)12/h1-8,15H/q+1. The van der Waals surface area contributed by atoms with Gasteiger partial charge in [-0.05, 0) is 12.1 Å². The molecule has 3 rings (SSSR count). The molecule has 2 aromatic heterocycles. The number of hydrogen-bond donors (Lipinski definition) is 0. The van der Waals surface area contributed by atoms with Crippen molar-refractivity contribution in [1.82, 2.24) is 5.73 Å². The topological polar surface area (TPSA) is 27.9 Å². The molecule has 0 saturated carbocycles. The quantitative estimate of drug-likeness (QED) is 0.418. The van der Waals surface area contributed by atoms with Crippen LogP contribution < -0.4 is 10.1 Å². The highest BCUT2D eigenvalue weighted by molar-refractivity contribution is 6.36. The predicted octanol–water partition coefficient (Wildman–Crippen LogP) is 3.15. The Labute approximate surface area is 97.9 Å². The number of nitrogens with one attached hydrogen (secondary N) is 1. The van der Waals surface area contributed by atoms with Crippen molar-refractivity contribution >= 4 is 33.7 Å². The van der Waals surface area contributed by atoms with E-state index in [9.17, 15) is 0 Å². The molecule has 0 aliphatic carbocycles. The molecule has 1 radical (unpaired) electrons. The number of rotatable bonds is 0. The molecule has 0 aliphatic rings. The fourth-order valence-electron chi connectivity index (χ4n) is 1.99. The molecule has 0 bridgehead atoms. The maximum absolute atomic E-state index is 7.99. The second kappa shape index (κ2) is 3.35. The lowest BCUT2D eigenvalue weighted by Crippen LogP contribution is -2.22. The molecule has 1 N–H and O–H groups in total. The van der Waals surface area contributed by atoms with E-state index < -0.39 is 0 Å². The third-order valence-corrected chi connectivity index (χ3v) is 3.02. The minimum absolute atomic E-state index is 0.465. The zero-order valence-electron chi connectivity index (χ0n) is 8.44. The van der Waals surface area contributed by atoms with Gasteiger partial charge in [0.15, 0.2) is 6.20 Å². The van der Waals surface area contributed by atoms with Crippen LogP contribution in [0.1, 0.15) is 0 Å². The molecule has 0 saturated heterocycles. The Morgan fingerprint density at radius 2 is 1.94 bits per heavy atom. The van der Waals surface area contributed by atoms with E-state index in [2.05, 4.69) is 0 Å². The van der Waals surface area contributed by atoms with Crippen LogP contribution in [-0.2, 0) is 0 Å². The van der Waals surface area contributed by atoms with Crippen molar-refractivity contribution in [3.63, 3.8) is 0 Å². The zero-order chi connectivity index (χ0) is 11.1. The van der Waals surface area contributed by atoms with Gasteiger partial charge >= 0.3 is 0 Å². The number of aromatic nitrogens is 1. The van der Waals surface area contributed by atoms with Gasteiger partial charge in [-0.3, -0.25) is 5.73 Å². The predicted molar refractivity (Wildman–Crippen MR) is 64.9 cm³/mol. The number of hydrogen-bond acceptors (Lipinski definition) is 0. The van der Waals surface area contributed by atoms with E-state index >= 15 is 0 Å². The van der Waals surface area contributed by atoms with Crippen molar-refractivity contribution in [2.45, 2.75) is 0 Å². The Balaban J connectivity index is 2.65. The maximum atomic E-state index is 7.99. The van der Waals surface area contributed by atoms with Crippen molar-refractivity contribution in [2.24, 2.45) is 0 Å². The van der Waals surface area contributed by atoms with Gasteiger partial charge in [0, 0.05) is 24.3 Å². The van der Waals surface area contributed by atoms with Crippen LogP contribution in [0.2, 0.25) is 5.02 Å². The zero-order valence-corrected chi connectivity index (χ0v) is 9.20. The molecule has 1 aromatic carbocycles. The molecular weight excluding hydrogens is 220 g/mol. The molecule has 0 atom stereocenters. The van der Waals surface area contributed by atoms with E-state index in [1.165, 1.54) is 0 Å². The molecule has 2 nitrogen and oxygen atoms in total. The summed E-state index contributed by atoms with van der Waals surface area (Å²) in [5.41, 5.74) is 10.4. The lowest BCUT2D eigenvalue weighted by molar-refractivity contribution is -0.481. The number of fused-ring (bicyclic) bond motifs is 3. The first kappa shape index (κ1) is 9.43. The van der Waals surface area contributed by atoms with E-state index in [-0.39, 0.29) is 0 Å². The highest BCUT2D eigenvalue weighted by Crippen LogP contribution is 2.28. The molecule has 0 fully saturated rings. The van der Waals surface area contributed by atoms with Crippen molar-refractivity contribution in [3.8, 4) is 0 Å². The van der Waals surface area contributed by atoms with Gasteiger partial charge in [0.25, 0.3) is 0 Å². The maximum Gasteiger partial charge on any atom is 0.222 e. The number of benzene rings is 1. The molecule has 3 heteroatoms. The summed E-state index contributed by atoms with van der Waals surface area (Å²) in [5, 5.41) is 1.42. The first-order valence-electron chi connectivity index (χ1n) is 5.00. The molecule has 0 aliphatic heterocycles. The van der Waals surface area contributed by atoms with Gasteiger partial charge in [0.05, 0.1) is 16.1 Å². The lowest BCUT2D eigenvalue weighted by atomic mass is 10.1. The first-order chi connectivity index (χ1) is 7.77. The van der Waals surface area contributed by atoms with E-state index in [4.69, 9.17) is 17.3 Å². The van der Waals surface area contributed by atoms with Crippen molar-refractivity contribution in [2.75, 3.05) is 0 Å². The van der Waals surface area contributed by atoms with E-state index in [1.54, 1.807) is 0 Å². The molecule has 0 unspecified atom stereocenters. The summed E-state index contributed by atoms with van der Waals surface area (Å²) in [4.78, 5) is 0.